The van der Waals surface area contributed by atoms with Crippen LogP contribution in [0.15, 0.2) is 12.1 Å². The maximum absolute atomic E-state index is 13.1. The summed E-state index contributed by atoms with van der Waals surface area (Å²) < 4.78 is 38.9. The molecule has 5 heteroatoms. The first kappa shape index (κ1) is 13.5. The molecule has 0 aliphatic heterocycles. The lowest BCUT2D eigenvalue weighted by molar-refractivity contribution is 0.261. The van der Waals surface area contributed by atoms with Crippen LogP contribution in [-0.2, 0) is 0 Å². The Morgan fingerprint density at radius 1 is 1.18 bits per heavy atom. The standard InChI is InChI=1S/C12H13F3N2/c1-3-17(4-2)11(7-16)8-5-9(13)12(15)10(14)6-8/h5-6,11H,3-4H2,1-2H3. The molecule has 1 rings (SSSR count). The van der Waals surface area contributed by atoms with E-state index in [0.717, 1.165) is 12.1 Å². The molecule has 1 aromatic rings. The largest absolute Gasteiger partial charge is 0.285 e. The smallest absolute Gasteiger partial charge is 0.194 e. The van der Waals surface area contributed by atoms with Crippen LogP contribution >= 0.6 is 0 Å². The zero-order valence-electron chi connectivity index (χ0n) is 9.67. The van der Waals surface area contributed by atoms with E-state index in [1.165, 1.54) is 0 Å². The Morgan fingerprint density at radius 2 is 1.65 bits per heavy atom. The highest BCUT2D eigenvalue weighted by atomic mass is 19.2. The second-order valence-corrected chi connectivity index (χ2v) is 3.55. The number of rotatable bonds is 4. The predicted octanol–water partition coefficient (Wildman–Crippen LogP) is 3.01. The molecule has 0 spiro atoms. The van der Waals surface area contributed by atoms with Crippen molar-refractivity contribution in [2.24, 2.45) is 0 Å². The van der Waals surface area contributed by atoms with Gasteiger partial charge in [-0.3, -0.25) is 4.90 Å². The van der Waals surface area contributed by atoms with E-state index >= 15 is 0 Å². The van der Waals surface area contributed by atoms with E-state index in [4.69, 9.17) is 5.26 Å². The normalized spacial score (nSPS) is 12.5. The van der Waals surface area contributed by atoms with Gasteiger partial charge in [-0.1, -0.05) is 13.8 Å². The van der Waals surface area contributed by atoms with E-state index in [-0.39, 0.29) is 5.56 Å². The zero-order chi connectivity index (χ0) is 13.0. The molecule has 0 aliphatic rings. The van der Waals surface area contributed by atoms with E-state index in [2.05, 4.69) is 0 Å². The number of nitriles is 1. The molecule has 0 amide bonds. The molecule has 0 radical (unpaired) electrons. The van der Waals surface area contributed by atoms with Crippen LogP contribution in [0.1, 0.15) is 25.5 Å². The summed E-state index contributed by atoms with van der Waals surface area (Å²) in [6.07, 6.45) is 0. The van der Waals surface area contributed by atoms with Crippen LogP contribution in [0.25, 0.3) is 0 Å². The molecule has 0 aliphatic carbocycles. The second-order valence-electron chi connectivity index (χ2n) is 3.55. The second kappa shape index (κ2) is 5.69. The summed E-state index contributed by atoms with van der Waals surface area (Å²) in [6.45, 7) is 4.80. The minimum Gasteiger partial charge on any atom is -0.285 e. The summed E-state index contributed by atoms with van der Waals surface area (Å²) >= 11 is 0. The maximum atomic E-state index is 13.1. The van der Waals surface area contributed by atoms with Crippen molar-refractivity contribution in [3.63, 3.8) is 0 Å². The molecule has 0 heterocycles. The third kappa shape index (κ3) is 2.77. The summed E-state index contributed by atoms with van der Waals surface area (Å²) in [5.41, 5.74) is 0.132. The zero-order valence-corrected chi connectivity index (χ0v) is 9.67. The maximum Gasteiger partial charge on any atom is 0.194 e. The lowest BCUT2D eigenvalue weighted by atomic mass is 10.1. The molecule has 0 fully saturated rings. The number of hydrogen-bond acceptors (Lipinski definition) is 2. The molecule has 0 saturated heterocycles. The van der Waals surface area contributed by atoms with Gasteiger partial charge in [-0.25, -0.2) is 13.2 Å². The molecule has 0 aromatic heterocycles. The number of halogens is 3. The van der Waals surface area contributed by atoms with Crippen molar-refractivity contribution in [3.05, 3.63) is 35.1 Å². The molecule has 1 aromatic carbocycles. The van der Waals surface area contributed by atoms with Crippen molar-refractivity contribution in [1.82, 2.24) is 4.90 Å². The van der Waals surface area contributed by atoms with Gasteiger partial charge < -0.3 is 0 Å². The Labute approximate surface area is 98.3 Å². The summed E-state index contributed by atoms with van der Waals surface area (Å²) in [5.74, 6) is -4.05. The third-order valence-electron chi connectivity index (χ3n) is 2.62. The van der Waals surface area contributed by atoms with Gasteiger partial charge in [0, 0.05) is 0 Å². The van der Waals surface area contributed by atoms with Crippen LogP contribution in [0.2, 0.25) is 0 Å². The number of hydrogen-bond donors (Lipinski definition) is 0. The first-order valence-electron chi connectivity index (χ1n) is 5.33. The van der Waals surface area contributed by atoms with Gasteiger partial charge in [0.25, 0.3) is 0 Å². The highest BCUT2D eigenvalue weighted by Gasteiger charge is 2.21. The van der Waals surface area contributed by atoms with Gasteiger partial charge in [0.1, 0.15) is 6.04 Å². The van der Waals surface area contributed by atoms with E-state index < -0.39 is 23.5 Å². The van der Waals surface area contributed by atoms with Gasteiger partial charge in [0.15, 0.2) is 17.5 Å². The van der Waals surface area contributed by atoms with Gasteiger partial charge in [0.05, 0.1) is 6.07 Å². The van der Waals surface area contributed by atoms with Gasteiger partial charge in [-0.2, -0.15) is 5.26 Å². The van der Waals surface area contributed by atoms with Crippen molar-refractivity contribution >= 4 is 0 Å². The van der Waals surface area contributed by atoms with Gasteiger partial charge in [-0.15, -0.1) is 0 Å². The Kier molecular flexibility index (Phi) is 4.53. The third-order valence-corrected chi connectivity index (χ3v) is 2.62. The molecule has 0 bridgehead atoms. The molecular formula is C12H13F3N2. The fourth-order valence-corrected chi connectivity index (χ4v) is 1.69. The predicted molar refractivity (Wildman–Crippen MR) is 57.6 cm³/mol. The van der Waals surface area contributed by atoms with E-state index in [0.29, 0.717) is 13.1 Å². The van der Waals surface area contributed by atoms with E-state index in [1.807, 2.05) is 19.9 Å². The molecule has 92 valence electrons. The minimum atomic E-state index is -1.51. The molecule has 0 saturated carbocycles. The van der Waals surface area contributed by atoms with Crippen LogP contribution < -0.4 is 0 Å². The lowest BCUT2D eigenvalue weighted by Crippen LogP contribution is -2.27. The molecule has 0 N–H and O–H groups in total. The van der Waals surface area contributed by atoms with E-state index in [1.54, 1.807) is 4.90 Å². The Bertz CT molecular complexity index is 413. The average molecular weight is 242 g/mol. The summed E-state index contributed by atoms with van der Waals surface area (Å²) in [4.78, 5) is 1.73. The van der Waals surface area contributed by atoms with Gasteiger partial charge in [0.2, 0.25) is 0 Å². The Hall–Kier alpha value is -1.54. The Morgan fingerprint density at radius 3 is 2.00 bits per heavy atom. The minimum absolute atomic E-state index is 0.132. The quantitative estimate of drug-likeness (QED) is 0.759. The number of nitrogens with zero attached hydrogens (tertiary/aromatic N) is 2. The van der Waals surface area contributed by atoms with Crippen LogP contribution in [0.4, 0.5) is 13.2 Å². The molecule has 1 atom stereocenters. The SMILES string of the molecule is CCN(CC)C(C#N)c1cc(F)c(F)c(F)c1. The topological polar surface area (TPSA) is 27.0 Å². The fraction of sp³-hybridized carbons (Fsp3) is 0.417. The van der Waals surface area contributed by atoms with Crippen LogP contribution in [-0.4, -0.2) is 18.0 Å². The molecule has 1 unspecified atom stereocenters. The fourth-order valence-electron chi connectivity index (χ4n) is 1.69. The number of benzene rings is 1. The first-order valence-corrected chi connectivity index (χ1v) is 5.33. The first-order chi connectivity index (χ1) is 8.04. The van der Waals surface area contributed by atoms with Crippen molar-refractivity contribution in [1.29, 1.82) is 5.26 Å². The van der Waals surface area contributed by atoms with Crippen molar-refractivity contribution in [2.75, 3.05) is 13.1 Å². The van der Waals surface area contributed by atoms with Crippen LogP contribution in [0.5, 0.6) is 0 Å². The molecular weight excluding hydrogens is 229 g/mol. The average Bonchev–Trinajstić information content (AvgIpc) is 2.32. The highest BCUT2D eigenvalue weighted by Crippen LogP contribution is 2.23. The lowest BCUT2D eigenvalue weighted by Gasteiger charge is -2.24. The van der Waals surface area contributed by atoms with Crippen molar-refractivity contribution in [2.45, 2.75) is 19.9 Å². The monoisotopic (exact) mass is 242 g/mol. The van der Waals surface area contributed by atoms with Gasteiger partial charge >= 0.3 is 0 Å². The summed E-state index contributed by atoms with van der Waals surface area (Å²) in [7, 11) is 0. The Balaban J connectivity index is 3.18. The highest BCUT2D eigenvalue weighted by molar-refractivity contribution is 5.26. The van der Waals surface area contributed by atoms with E-state index in [9.17, 15) is 13.2 Å². The van der Waals surface area contributed by atoms with Crippen LogP contribution in [0, 0.1) is 28.8 Å². The van der Waals surface area contributed by atoms with Gasteiger partial charge in [-0.05, 0) is 30.8 Å². The van der Waals surface area contributed by atoms with Crippen molar-refractivity contribution < 1.29 is 13.2 Å². The van der Waals surface area contributed by atoms with Crippen LogP contribution in [0.3, 0.4) is 0 Å². The molecule has 17 heavy (non-hydrogen) atoms. The summed E-state index contributed by atoms with van der Waals surface area (Å²) in [5, 5.41) is 9.03. The van der Waals surface area contributed by atoms with Crippen molar-refractivity contribution in [3.8, 4) is 6.07 Å². The molecule has 2 nitrogen and oxygen atoms in total. The summed E-state index contributed by atoms with van der Waals surface area (Å²) in [6, 6.07) is 2.93.